The number of aromatic nitrogens is 4. The SMILES string of the molecule is CCn1cc(NC(=O)Cn2nc([N+](=O)[O-])c([N+](=O)[O-])c2C)c(C(N)=O)n1. The van der Waals surface area contributed by atoms with E-state index in [4.69, 9.17) is 5.73 Å². The fourth-order valence-corrected chi connectivity index (χ4v) is 2.19. The molecule has 14 heteroatoms. The van der Waals surface area contributed by atoms with Gasteiger partial charge in [-0.05, 0) is 18.8 Å². The summed E-state index contributed by atoms with van der Waals surface area (Å²) in [5.41, 5.74) is 4.14. The van der Waals surface area contributed by atoms with Crippen molar-refractivity contribution < 1.29 is 19.4 Å². The lowest BCUT2D eigenvalue weighted by Gasteiger charge is -2.03. The standard InChI is InChI=1S/C12H14N8O6/c1-3-17-4-7(9(15-17)11(13)22)14-8(21)5-18-6(2)10(19(23)24)12(16-18)20(25)26/h4H,3,5H2,1-2H3,(H2,13,22)(H,14,21). The first-order valence-electron chi connectivity index (χ1n) is 7.19. The maximum atomic E-state index is 12.2. The number of anilines is 1. The minimum atomic E-state index is -1.00. The number of nitro groups is 2. The van der Waals surface area contributed by atoms with Crippen LogP contribution in [0.4, 0.5) is 17.2 Å². The van der Waals surface area contributed by atoms with Crippen LogP contribution in [0.25, 0.3) is 0 Å². The molecule has 0 aromatic carbocycles. The molecule has 0 fully saturated rings. The maximum absolute atomic E-state index is 12.2. The predicted molar refractivity (Wildman–Crippen MR) is 85.3 cm³/mol. The monoisotopic (exact) mass is 366 g/mol. The molecule has 3 N–H and O–H groups in total. The average Bonchev–Trinajstić information content (AvgIpc) is 3.09. The number of nitrogens with two attached hydrogens (primary N) is 1. The van der Waals surface area contributed by atoms with Gasteiger partial charge in [-0.3, -0.25) is 24.4 Å². The van der Waals surface area contributed by atoms with E-state index in [0.717, 1.165) is 4.68 Å². The summed E-state index contributed by atoms with van der Waals surface area (Å²) in [6.45, 7) is 2.87. The van der Waals surface area contributed by atoms with Crippen molar-refractivity contribution in [1.82, 2.24) is 19.6 Å². The highest BCUT2D eigenvalue weighted by Crippen LogP contribution is 2.29. The van der Waals surface area contributed by atoms with E-state index in [1.807, 2.05) is 0 Å². The zero-order chi connectivity index (χ0) is 19.6. The molecule has 0 aliphatic carbocycles. The quantitative estimate of drug-likeness (QED) is 0.503. The van der Waals surface area contributed by atoms with E-state index in [1.165, 1.54) is 17.8 Å². The van der Waals surface area contributed by atoms with Crippen LogP contribution < -0.4 is 11.1 Å². The summed E-state index contributed by atoms with van der Waals surface area (Å²) in [7, 11) is 0. The van der Waals surface area contributed by atoms with Gasteiger partial charge < -0.3 is 21.2 Å². The van der Waals surface area contributed by atoms with Crippen molar-refractivity contribution in [2.45, 2.75) is 26.9 Å². The van der Waals surface area contributed by atoms with Gasteiger partial charge in [0.1, 0.15) is 12.2 Å². The number of aryl methyl sites for hydroxylation is 1. The van der Waals surface area contributed by atoms with Crippen LogP contribution in [0.3, 0.4) is 0 Å². The van der Waals surface area contributed by atoms with E-state index in [2.05, 4.69) is 15.5 Å². The van der Waals surface area contributed by atoms with Gasteiger partial charge in [-0.25, -0.2) is 0 Å². The normalized spacial score (nSPS) is 10.5. The lowest BCUT2D eigenvalue weighted by atomic mass is 10.3. The molecule has 2 rings (SSSR count). The molecule has 14 nitrogen and oxygen atoms in total. The van der Waals surface area contributed by atoms with Crippen molar-refractivity contribution in [1.29, 1.82) is 0 Å². The highest BCUT2D eigenvalue weighted by Gasteiger charge is 2.35. The number of nitrogens with zero attached hydrogens (tertiary/aromatic N) is 6. The van der Waals surface area contributed by atoms with Crippen molar-refractivity contribution in [2.24, 2.45) is 5.73 Å². The number of carbonyl (C=O) groups is 2. The van der Waals surface area contributed by atoms with E-state index < -0.39 is 39.7 Å². The number of nitrogens with one attached hydrogen (secondary N) is 1. The summed E-state index contributed by atoms with van der Waals surface area (Å²) in [6, 6.07) is 0. The third-order valence-corrected chi connectivity index (χ3v) is 3.40. The molecule has 2 aromatic heterocycles. The van der Waals surface area contributed by atoms with Crippen molar-refractivity contribution in [2.75, 3.05) is 5.32 Å². The van der Waals surface area contributed by atoms with Crippen LogP contribution in [0.5, 0.6) is 0 Å². The van der Waals surface area contributed by atoms with Crippen LogP contribution >= 0.6 is 0 Å². The predicted octanol–water partition coefficient (Wildman–Crippen LogP) is -0.0381. The van der Waals surface area contributed by atoms with Gasteiger partial charge in [0.05, 0.1) is 15.7 Å². The minimum Gasteiger partial charge on any atom is -0.364 e. The molecule has 2 aromatic rings. The molecule has 0 radical (unpaired) electrons. The van der Waals surface area contributed by atoms with Gasteiger partial charge in [-0.2, -0.15) is 9.78 Å². The molecule has 2 amide bonds. The Bertz CT molecular complexity index is 913. The third kappa shape index (κ3) is 3.47. The fourth-order valence-electron chi connectivity index (χ4n) is 2.19. The summed E-state index contributed by atoms with van der Waals surface area (Å²) in [6.07, 6.45) is 1.39. The molecule has 26 heavy (non-hydrogen) atoms. The van der Waals surface area contributed by atoms with Crippen molar-refractivity contribution in [3.05, 3.63) is 37.8 Å². The highest BCUT2D eigenvalue weighted by molar-refractivity contribution is 6.01. The Labute approximate surface area is 144 Å². The van der Waals surface area contributed by atoms with Crippen LogP contribution in [0, 0.1) is 27.2 Å². The molecule has 138 valence electrons. The first-order valence-corrected chi connectivity index (χ1v) is 7.19. The zero-order valence-electron chi connectivity index (χ0n) is 13.7. The Morgan fingerprint density at radius 1 is 1.27 bits per heavy atom. The second-order valence-electron chi connectivity index (χ2n) is 5.09. The van der Waals surface area contributed by atoms with Gasteiger partial charge in [0.15, 0.2) is 5.69 Å². The van der Waals surface area contributed by atoms with Gasteiger partial charge in [-0.1, -0.05) is 0 Å². The molecule has 0 spiro atoms. The Hall–Kier alpha value is -3.84. The van der Waals surface area contributed by atoms with Gasteiger partial charge in [0.2, 0.25) is 5.91 Å². The third-order valence-electron chi connectivity index (χ3n) is 3.40. The number of hydrogen-bond donors (Lipinski definition) is 2. The van der Waals surface area contributed by atoms with Crippen LogP contribution in [-0.4, -0.2) is 41.2 Å². The number of amides is 2. The average molecular weight is 366 g/mol. The van der Waals surface area contributed by atoms with E-state index in [0.29, 0.717) is 6.54 Å². The summed E-state index contributed by atoms with van der Waals surface area (Å²) >= 11 is 0. The molecule has 0 saturated heterocycles. The second-order valence-corrected chi connectivity index (χ2v) is 5.09. The summed E-state index contributed by atoms with van der Waals surface area (Å²) in [5.74, 6) is -2.54. The molecule has 2 heterocycles. The summed E-state index contributed by atoms with van der Waals surface area (Å²) in [4.78, 5) is 43.5. The van der Waals surface area contributed by atoms with Gasteiger partial charge in [-0.15, -0.1) is 0 Å². The van der Waals surface area contributed by atoms with E-state index in [-0.39, 0.29) is 17.1 Å². The van der Waals surface area contributed by atoms with Gasteiger partial charge >= 0.3 is 11.5 Å². The Balaban J connectivity index is 2.28. The van der Waals surface area contributed by atoms with Crippen LogP contribution in [0.1, 0.15) is 23.1 Å². The van der Waals surface area contributed by atoms with E-state index in [1.54, 1.807) is 6.92 Å². The second kappa shape index (κ2) is 6.96. The van der Waals surface area contributed by atoms with Crippen LogP contribution in [0.2, 0.25) is 0 Å². The minimum absolute atomic E-state index is 0.0539. The first kappa shape index (κ1) is 18.5. The Morgan fingerprint density at radius 3 is 2.38 bits per heavy atom. The first-order chi connectivity index (χ1) is 12.1. The highest BCUT2D eigenvalue weighted by atomic mass is 16.6. The molecule has 0 bridgehead atoms. The molecule has 0 aliphatic rings. The molecule has 0 saturated carbocycles. The molecule has 0 unspecified atom stereocenters. The molecule has 0 aliphatic heterocycles. The molecular formula is C12H14N8O6. The number of hydrogen-bond acceptors (Lipinski definition) is 8. The fraction of sp³-hybridized carbons (Fsp3) is 0.333. The summed E-state index contributed by atoms with van der Waals surface area (Å²) in [5, 5.41) is 31.6. The number of carbonyl (C=O) groups excluding carboxylic acids is 2. The smallest absolute Gasteiger partial charge is 0.364 e. The maximum Gasteiger partial charge on any atom is 0.468 e. The molecular weight excluding hydrogens is 352 g/mol. The number of rotatable bonds is 7. The topological polar surface area (TPSA) is 194 Å². The van der Waals surface area contributed by atoms with E-state index in [9.17, 15) is 29.8 Å². The zero-order valence-corrected chi connectivity index (χ0v) is 13.7. The summed E-state index contributed by atoms with van der Waals surface area (Å²) < 4.78 is 2.21. The molecule has 0 atom stereocenters. The number of primary amides is 1. The van der Waals surface area contributed by atoms with E-state index >= 15 is 0 Å². The van der Waals surface area contributed by atoms with Crippen molar-refractivity contribution in [3.8, 4) is 0 Å². The van der Waals surface area contributed by atoms with Crippen molar-refractivity contribution >= 4 is 29.0 Å². The lowest BCUT2D eigenvalue weighted by molar-refractivity contribution is -0.424. The largest absolute Gasteiger partial charge is 0.468 e. The van der Waals surface area contributed by atoms with Crippen LogP contribution in [-0.2, 0) is 17.9 Å². The van der Waals surface area contributed by atoms with Crippen molar-refractivity contribution in [3.63, 3.8) is 0 Å². The lowest BCUT2D eigenvalue weighted by Crippen LogP contribution is -2.22. The van der Waals surface area contributed by atoms with Gasteiger partial charge in [0.25, 0.3) is 5.91 Å². The Morgan fingerprint density at radius 2 is 1.92 bits per heavy atom. The van der Waals surface area contributed by atoms with Gasteiger partial charge in [0, 0.05) is 12.7 Å². The van der Waals surface area contributed by atoms with Crippen LogP contribution in [0.15, 0.2) is 6.20 Å². The Kier molecular flexibility index (Phi) is 4.95.